The van der Waals surface area contributed by atoms with Gasteiger partial charge in [0.1, 0.15) is 6.33 Å². The first kappa shape index (κ1) is 22.5. The van der Waals surface area contributed by atoms with Crippen molar-refractivity contribution >= 4 is 16.7 Å². The van der Waals surface area contributed by atoms with Gasteiger partial charge in [0.2, 0.25) is 0 Å². The van der Waals surface area contributed by atoms with Crippen molar-refractivity contribution in [2.75, 3.05) is 26.7 Å². The highest BCUT2D eigenvalue weighted by Gasteiger charge is 2.36. The van der Waals surface area contributed by atoms with Crippen LogP contribution in [0.15, 0.2) is 35.5 Å². The first-order valence-corrected chi connectivity index (χ1v) is 11.3. The number of hydrogen-bond donors (Lipinski definition) is 1. The van der Waals surface area contributed by atoms with Gasteiger partial charge in [-0.05, 0) is 56.1 Å². The highest BCUT2D eigenvalue weighted by molar-refractivity contribution is 5.85. The number of ether oxygens (including phenoxy) is 1. The maximum absolute atomic E-state index is 14.3. The monoisotopic (exact) mass is 474 g/mol. The molecule has 1 aliphatic rings. The zero-order valence-electron chi connectivity index (χ0n) is 18.9. The highest BCUT2D eigenvalue weighted by Crippen LogP contribution is 2.40. The molecule has 5 rings (SSSR count). The number of fused-ring (bicyclic) bond motifs is 2. The second-order valence-corrected chi connectivity index (χ2v) is 8.63. The molecule has 0 amide bonds. The number of methoxy groups -OCH3 is 1. The molecule has 0 spiro atoms. The minimum Gasteiger partial charge on any atom is -0.493 e. The van der Waals surface area contributed by atoms with Gasteiger partial charge in [-0.15, -0.1) is 0 Å². The van der Waals surface area contributed by atoms with Crippen LogP contribution in [-0.4, -0.2) is 55.8 Å². The molecular weight excluding hydrogens is 449 g/mol. The number of imidazole rings is 1. The molecule has 0 bridgehead atoms. The predicted molar refractivity (Wildman–Crippen MR) is 121 cm³/mol. The maximum Gasteiger partial charge on any atom is 0.417 e. The lowest BCUT2D eigenvalue weighted by Crippen LogP contribution is -2.39. The molecule has 4 heterocycles. The Morgan fingerprint density at radius 2 is 2.09 bits per heavy atom. The molecule has 1 N–H and O–H groups in total. The summed E-state index contributed by atoms with van der Waals surface area (Å²) in [6.45, 7) is 4.57. The SMILES string of the molecule is CCCN1CCCC(n2c(=O)[nH]c3cc(-c4cc(OC)c5ncnn5c4)c(C(F)(F)F)cc32)C1. The first-order chi connectivity index (χ1) is 16.3. The van der Waals surface area contributed by atoms with Crippen molar-refractivity contribution in [1.82, 2.24) is 29.0 Å². The molecule has 1 fully saturated rings. The molecule has 1 aliphatic heterocycles. The number of likely N-dealkylation sites (tertiary alicyclic amines) is 1. The predicted octanol–water partition coefficient (Wildman–Crippen LogP) is 4.11. The molecule has 8 nitrogen and oxygen atoms in total. The van der Waals surface area contributed by atoms with Gasteiger partial charge in [-0.3, -0.25) is 4.57 Å². The van der Waals surface area contributed by atoms with Crippen LogP contribution in [0.1, 0.15) is 37.8 Å². The topological polar surface area (TPSA) is 80.5 Å². The van der Waals surface area contributed by atoms with Gasteiger partial charge in [0.15, 0.2) is 11.4 Å². The molecule has 1 aromatic carbocycles. The molecule has 11 heteroatoms. The van der Waals surface area contributed by atoms with Gasteiger partial charge in [0.25, 0.3) is 0 Å². The van der Waals surface area contributed by atoms with Crippen LogP contribution in [0, 0.1) is 0 Å². The highest BCUT2D eigenvalue weighted by atomic mass is 19.4. The normalized spacial score (nSPS) is 17.6. The van der Waals surface area contributed by atoms with Gasteiger partial charge in [-0.25, -0.2) is 14.3 Å². The number of halogens is 3. The van der Waals surface area contributed by atoms with Crippen molar-refractivity contribution in [3.8, 4) is 16.9 Å². The van der Waals surface area contributed by atoms with E-state index in [1.54, 1.807) is 0 Å². The molecule has 180 valence electrons. The average Bonchev–Trinajstić information content (AvgIpc) is 3.40. The summed E-state index contributed by atoms with van der Waals surface area (Å²) in [6, 6.07) is 3.79. The quantitative estimate of drug-likeness (QED) is 0.471. The lowest BCUT2D eigenvalue weighted by molar-refractivity contribution is -0.137. The summed E-state index contributed by atoms with van der Waals surface area (Å²) in [4.78, 5) is 22.0. The van der Waals surface area contributed by atoms with E-state index in [0.717, 1.165) is 38.4 Å². The Bertz CT molecular complexity index is 1400. The van der Waals surface area contributed by atoms with E-state index in [-0.39, 0.29) is 22.7 Å². The zero-order valence-corrected chi connectivity index (χ0v) is 18.9. The third-order valence-corrected chi connectivity index (χ3v) is 6.42. The van der Waals surface area contributed by atoms with E-state index in [2.05, 4.69) is 26.9 Å². The van der Waals surface area contributed by atoms with E-state index >= 15 is 0 Å². The number of alkyl halides is 3. The number of hydrogen-bond acceptors (Lipinski definition) is 5. The Morgan fingerprint density at radius 1 is 1.26 bits per heavy atom. The lowest BCUT2D eigenvalue weighted by Gasteiger charge is -2.33. The van der Waals surface area contributed by atoms with Crippen molar-refractivity contribution in [1.29, 1.82) is 0 Å². The summed E-state index contributed by atoms with van der Waals surface area (Å²) < 4.78 is 51.0. The number of nitrogens with zero attached hydrogens (tertiary/aromatic N) is 5. The average molecular weight is 474 g/mol. The molecule has 0 saturated carbocycles. The third-order valence-electron chi connectivity index (χ3n) is 6.42. The van der Waals surface area contributed by atoms with Gasteiger partial charge in [0, 0.05) is 18.3 Å². The van der Waals surface area contributed by atoms with Crippen LogP contribution in [0.3, 0.4) is 0 Å². The van der Waals surface area contributed by atoms with Crippen LogP contribution in [0.2, 0.25) is 0 Å². The van der Waals surface area contributed by atoms with E-state index in [1.807, 2.05) is 0 Å². The molecule has 1 atom stereocenters. The van der Waals surface area contributed by atoms with Crippen molar-refractivity contribution in [3.63, 3.8) is 0 Å². The zero-order chi connectivity index (χ0) is 24.0. The van der Waals surface area contributed by atoms with Crippen molar-refractivity contribution in [2.24, 2.45) is 0 Å². The van der Waals surface area contributed by atoms with Crippen molar-refractivity contribution in [3.05, 3.63) is 46.8 Å². The molecule has 1 unspecified atom stereocenters. The Hall–Kier alpha value is -3.34. The standard InChI is InChI=1S/C23H25F3N6O2/c1-3-6-30-7-4-5-15(12-30)32-19-10-17(23(24,25)26)16(9-18(19)29-22(32)33)14-8-20(34-2)21-27-13-28-31(21)11-14/h8-11,13,15H,3-7,12H2,1-2H3,(H,29,33). The van der Waals surface area contributed by atoms with Gasteiger partial charge in [-0.2, -0.15) is 18.3 Å². The third kappa shape index (κ3) is 3.83. The van der Waals surface area contributed by atoms with E-state index in [1.165, 1.54) is 40.8 Å². The maximum atomic E-state index is 14.3. The van der Waals surface area contributed by atoms with Crippen molar-refractivity contribution in [2.45, 2.75) is 38.4 Å². The fourth-order valence-electron chi connectivity index (χ4n) is 4.96. The Kier molecular flexibility index (Phi) is 5.59. The van der Waals surface area contributed by atoms with Crippen LogP contribution in [0.4, 0.5) is 13.2 Å². The van der Waals surface area contributed by atoms with Crippen molar-refractivity contribution < 1.29 is 17.9 Å². The summed E-state index contributed by atoms with van der Waals surface area (Å²) in [5.74, 6) is 0.299. The number of pyridine rings is 1. The summed E-state index contributed by atoms with van der Waals surface area (Å²) >= 11 is 0. The number of piperidine rings is 1. The molecule has 0 aliphatic carbocycles. The second-order valence-electron chi connectivity index (χ2n) is 8.63. The smallest absolute Gasteiger partial charge is 0.417 e. The van der Waals surface area contributed by atoms with Gasteiger partial charge in [-0.1, -0.05) is 6.92 Å². The molecule has 3 aromatic heterocycles. The largest absolute Gasteiger partial charge is 0.493 e. The van der Waals surface area contributed by atoms with Crippen LogP contribution < -0.4 is 10.4 Å². The van der Waals surface area contributed by atoms with Crippen LogP contribution in [0.25, 0.3) is 27.8 Å². The Morgan fingerprint density at radius 3 is 2.82 bits per heavy atom. The Labute approximate surface area is 193 Å². The number of nitrogens with one attached hydrogen (secondary N) is 1. The minimum atomic E-state index is -4.63. The summed E-state index contributed by atoms with van der Waals surface area (Å²) in [7, 11) is 1.42. The van der Waals surface area contributed by atoms with Gasteiger partial charge in [0.05, 0.1) is 29.7 Å². The molecule has 34 heavy (non-hydrogen) atoms. The molecule has 4 aromatic rings. The minimum absolute atomic E-state index is 0.0691. The number of aromatic amines is 1. The number of aromatic nitrogens is 5. The molecule has 1 saturated heterocycles. The fraction of sp³-hybridized carbons (Fsp3) is 0.435. The lowest BCUT2D eigenvalue weighted by atomic mass is 9.98. The fourth-order valence-corrected chi connectivity index (χ4v) is 4.96. The Balaban J connectivity index is 1.69. The van der Waals surface area contributed by atoms with E-state index < -0.39 is 17.4 Å². The number of H-pyrrole nitrogens is 1. The summed E-state index contributed by atoms with van der Waals surface area (Å²) in [6.07, 6.45) is 0.769. The first-order valence-electron chi connectivity index (χ1n) is 11.3. The van der Waals surface area contributed by atoms with Crippen LogP contribution in [0.5, 0.6) is 5.75 Å². The summed E-state index contributed by atoms with van der Waals surface area (Å²) in [5, 5.41) is 4.05. The molecule has 0 radical (unpaired) electrons. The van der Waals surface area contributed by atoms with E-state index in [0.29, 0.717) is 23.5 Å². The summed E-state index contributed by atoms with van der Waals surface area (Å²) in [5.41, 5.74) is -0.0147. The molecular formula is C23H25F3N6O2. The number of rotatable bonds is 5. The van der Waals surface area contributed by atoms with E-state index in [4.69, 9.17) is 4.74 Å². The number of benzene rings is 1. The van der Waals surface area contributed by atoms with Gasteiger partial charge < -0.3 is 14.6 Å². The van der Waals surface area contributed by atoms with Gasteiger partial charge >= 0.3 is 11.9 Å². The van der Waals surface area contributed by atoms with Crippen LogP contribution in [-0.2, 0) is 6.18 Å². The van der Waals surface area contributed by atoms with Crippen LogP contribution >= 0.6 is 0 Å². The van der Waals surface area contributed by atoms with E-state index in [9.17, 15) is 18.0 Å². The second kappa shape index (κ2) is 8.46.